The van der Waals surface area contributed by atoms with E-state index in [9.17, 15) is 8.42 Å². The predicted molar refractivity (Wildman–Crippen MR) is 118 cm³/mol. The Morgan fingerprint density at radius 2 is 1.07 bits per heavy atom. The molecule has 1 N–H and O–H groups in total. The van der Waals surface area contributed by atoms with Gasteiger partial charge in [-0.15, -0.1) is 0 Å². The van der Waals surface area contributed by atoms with Crippen LogP contribution in [0.2, 0.25) is 0 Å². The van der Waals surface area contributed by atoms with Crippen molar-refractivity contribution in [2.45, 2.75) is 117 Å². The Hall–Kier alpha value is -0.460. The lowest BCUT2D eigenvalue weighted by atomic mass is 10.0. The van der Waals surface area contributed by atoms with Crippen LogP contribution in [0.15, 0.2) is 0 Å². The molecule has 0 saturated carbocycles. The number of hydrogen-bond acceptors (Lipinski definition) is 5. The van der Waals surface area contributed by atoms with E-state index in [1.807, 2.05) is 0 Å². The first-order valence-corrected chi connectivity index (χ1v) is 12.8. The lowest BCUT2D eigenvalue weighted by Crippen LogP contribution is -2.12. The summed E-state index contributed by atoms with van der Waals surface area (Å²) in [6, 6.07) is 0. The van der Waals surface area contributed by atoms with E-state index in [1.165, 1.54) is 83.5 Å². The minimum atomic E-state index is -3.92. The standard InChI is InChI=1S/C22H45NO4S/c1-22(2)18-16-14-12-10-8-6-4-3-5-7-9-11-13-15-17-20-26-28(24,25)27-21-19-23/h19,22-23H,3-18,20-21H2,1-2H3. The highest BCUT2D eigenvalue weighted by atomic mass is 32.3. The summed E-state index contributed by atoms with van der Waals surface area (Å²) in [6.07, 6.45) is 21.5. The quantitative estimate of drug-likeness (QED) is 0.154. The molecule has 0 aromatic rings. The highest BCUT2D eigenvalue weighted by Gasteiger charge is 2.10. The van der Waals surface area contributed by atoms with E-state index in [4.69, 9.17) is 9.59 Å². The fourth-order valence-electron chi connectivity index (χ4n) is 3.27. The van der Waals surface area contributed by atoms with Gasteiger partial charge >= 0.3 is 10.4 Å². The van der Waals surface area contributed by atoms with Gasteiger partial charge in [0.05, 0.1) is 6.61 Å². The molecule has 0 aliphatic rings. The molecule has 0 fully saturated rings. The molecule has 0 spiro atoms. The van der Waals surface area contributed by atoms with Crippen molar-refractivity contribution >= 4 is 16.6 Å². The molecular formula is C22H45NO4S. The number of hydrogen-bond donors (Lipinski definition) is 1. The Kier molecular flexibility index (Phi) is 19.5. The van der Waals surface area contributed by atoms with Crippen LogP contribution in [0.25, 0.3) is 0 Å². The van der Waals surface area contributed by atoms with Gasteiger partial charge in [0, 0.05) is 6.21 Å². The van der Waals surface area contributed by atoms with Crippen LogP contribution in [0.5, 0.6) is 0 Å². The van der Waals surface area contributed by atoms with Crippen molar-refractivity contribution in [3.8, 4) is 0 Å². The number of nitrogens with one attached hydrogen (secondary N) is 1. The topological polar surface area (TPSA) is 76.5 Å². The van der Waals surface area contributed by atoms with E-state index in [0.717, 1.165) is 31.4 Å². The molecule has 0 saturated heterocycles. The maximum absolute atomic E-state index is 11.2. The maximum Gasteiger partial charge on any atom is 0.400 e. The van der Waals surface area contributed by atoms with Crippen molar-refractivity contribution in [3.05, 3.63) is 0 Å². The maximum atomic E-state index is 11.2. The summed E-state index contributed by atoms with van der Waals surface area (Å²) < 4.78 is 31.6. The lowest BCUT2D eigenvalue weighted by molar-refractivity contribution is 0.229. The molecule has 0 rings (SSSR count). The first-order chi connectivity index (χ1) is 13.5. The minimum absolute atomic E-state index is 0.165. The molecule has 28 heavy (non-hydrogen) atoms. The first kappa shape index (κ1) is 27.5. The molecule has 0 aromatic heterocycles. The third-order valence-electron chi connectivity index (χ3n) is 4.95. The van der Waals surface area contributed by atoms with E-state index in [2.05, 4.69) is 18.0 Å². The van der Waals surface area contributed by atoms with Crippen LogP contribution in [0.1, 0.15) is 117 Å². The van der Waals surface area contributed by atoms with Crippen LogP contribution in [0.3, 0.4) is 0 Å². The van der Waals surface area contributed by atoms with Crippen LogP contribution in [-0.4, -0.2) is 27.8 Å². The van der Waals surface area contributed by atoms with Crippen LogP contribution in [0.4, 0.5) is 0 Å². The molecule has 5 nitrogen and oxygen atoms in total. The van der Waals surface area contributed by atoms with Crippen molar-refractivity contribution in [1.82, 2.24) is 0 Å². The molecule has 0 aromatic carbocycles. The van der Waals surface area contributed by atoms with Gasteiger partial charge in [-0.3, -0.25) is 0 Å². The summed E-state index contributed by atoms with van der Waals surface area (Å²) >= 11 is 0. The van der Waals surface area contributed by atoms with Gasteiger partial charge in [-0.05, 0) is 12.3 Å². The molecule has 0 atom stereocenters. The Balaban J connectivity index is 3.17. The van der Waals surface area contributed by atoms with Crippen LogP contribution < -0.4 is 0 Å². The van der Waals surface area contributed by atoms with Crippen LogP contribution in [-0.2, 0) is 18.8 Å². The van der Waals surface area contributed by atoms with E-state index >= 15 is 0 Å². The van der Waals surface area contributed by atoms with E-state index in [0.29, 0.717) is 0 Å². The number of rotatable bonds is 22. The monoisotopic (exact) mass is 419 g/mol. The summed E-state index contributed by atoms with van der Waals surface area (Å²) in [4.78, 5) is 0. The molecule has 6 heteroatoms. The zero-order valence-corrected chi connectivity index (χ0v) is 19.2. The van der Waals surface area contributed by atoms with Crippen molar-refractivity contribution in [3.63, 3.8) is 0 Å². The third-order valence-corrected chi connectivity index (χ3v) is 5.83. The van der Waals surface area contributed by atoms with Crippen molar-refractivity contribution in [2.75, 3.05) is 13.2 Å². The highest BCUT2D eigenvalue weighted by molar-refractivity contribution is 7.81. The van der Waals surface area contributed by atoms with Gasteiger partial charge in [-0.1, -0.05) is 110 Å². The zero-order valence-electron chi connectivity index (χ0n) is 18.4. The smallest absolute Gasteiger partial charge is 0.311 e. The molecule has 0 unspecified atom stereocenters. The molecule has 0 bridgehead atoms. The summed E-state index contributed by atoms with van der Waals surface area (Å²) in [5, 5.41) is 6.73. The van der Waals surface area contributed by atoms with E-state index < -0.39 is 10.4 Å². The second-order valence-electron chi connectivity index (χ2n) is 8.20. The molecule has 0 aliphatic heterocycles. The molecule has 0 heterocycles. The van der Waals surface area contributed by atoms with Gasteiger partial charge < -0.3 is 5.41 Å². The molecule has 0 amide bonds. The molecule has 0 radical (unpaired) electrons. The Bertz CT molecular complexity index is 438. The normalized spacial score (nSPS) is 12.0. The predicted octanol–water partition coefficient (Wildman–Crippen LogP) is 6.81. The Morgan fingerprint density at radius 1 is 0.679 bits per heavy atom. The van der Waals surface area contributed by atoms with Gasteiger partial charge in [0.25, 0.3) is 0 Å². The Morgan fingerprint density at radius 3 is 1.46 bits per heavy atom. The van der Waals surface area contributed by atoms with E-state index in [-0.39, 0.29) is 13.2 Å². The summed E-state index contributed by atoms with van der Waals surface area (Å²) in [5.41, 5.74) is 0. The molecule has 168 valence electrons. The summed E-state index contributed by atoms with van der Waals surface area (Å²) in [5.74, 6) is 0.858. The fraction of sp³-hybridized carbons (Fsp3) is 0.955. The largest absolute Gasteiger partial charge is 0.400 e. The molecular weight excluding hydrogens is 374 g/mol. The summed E-state index contributed by atoms with van der Waals surface area (Å²) in [6.45, 7) is 4.52. The highest BCUT2D eigenvalue weighted by Crippen LogP contribution is 2.15. The minimum Gasteiger partial charge on any atom is -0.311 e. The summed E-state index contributed by atoms with van der Waals surface area (Å²) in [7, 11) is -3.92. The van der Waals surface area contributed by atoms with Crippen LogP contribution in [0, 0.1) is 11.3 Å². The van der Waals surface area contributed by atoms with Crippen molar-refractivity contribution < 1.29 is 16.8 Å². The van der Waals surface area contributed by atoms with Crippen molar-refractivity contribution in [1.29, 1.82) is 5.41 Å². The second-order valence-corrected chi connectivity index (χ2v) is 9.49. The van der Waals surface area contributed by atoms with Gasteiger partial charge in [-0.25, -0.2) is 8.37 Å². The zero-order chi connectivity index (χ0) is 20.9. The second kappa shape index (κ2) is 19.8. The average Bonchev–Trinajstić information content (AvgIpc) is 2.65. The van der Waals surface area contributed by atoms with Gasteiger partial charge in [0.15, 0.2) is 0 Å². The lowest BCUT2D eigenvalue weighted by Gasteiger charge is -2.05. The van der Waals surface area contributed by atoms with Crippen LogP contribution >= 0.6 is 0 Å². The van der Waals surface area contributed by atoms with Gasteiger partial charge in [0.1, 0.15) is 6.61 Å². The number of unbranched alkanes of at least 4 members (excludes halogenated alkanes) is 14. The van der Waals surface area contributed by atoms with Gasteiger partial charge in [0.2, 0.25) is 0 Å². The van der Waals surface area contributed by atoms with Gasteiger partial charge in [-0.2, -0.15) is 8.42 Å². The fourth-order valence-corrected chi connectivity index (χ4v) is 3.89. The van der Waals surface area contributed by atoms with E-state index in [1.54, 1.807) is 0 Å². The third kappa shape index (κ3) is 21.8. The Labute approximate surface area is 174 Å². The SMILES string of the molecule is CC(C)CCCCCCCCCCCCCCCCCOS(=O)(=O)OCC=N. The average molecular weight is 420 g/mol. The first-order valence-electron chi connectivity index (χ1n) is 11.5. The van der Waals surface area contributed by atoms with Crippen molar-refractivity contribution in [2.24, 2.45) is 5.92 Å². The molecule has 0 aliphatic carbocycles.